The summed E-state index contributed by atoms with van der Waals surface area (Å²) in [5.74, 6) is 1.57. The number of carbonyl (C=O) groups excluding carboxylic acids is 1. The van der Waals surface area contributed by atoms with Crippen molar-refractivity contribution < 1.29 is 4.79 Å². The summed E-state index contributed by atoms with van der Waals surface area (Å²) in [7, 11) is 0. The van der Waals surface area contributed by atoms with Crippen LogP contribution in [0.1, 0.15) is 71.6 Å². The molecular formula is C14H26O. The summed E-state index contributed by atoms with van der Waals surface area (Å²) in [6.07, 6.45) is 10.9. The summed E-state index contributed by atoms with van der Waals surface area (Å²) in [6.45, 7) is 4.52. The van der Waals surface area contributed by atoms with Crippen LogP contribution in [0.4, 0.5) is 0 Å². The van der Waals surface area contributed by atoms with Gasteiger partial charge in [-0.1, -0.05) is 52.4 Å². The standard InChI is InChI=1S/C14H26O/c1-3-4-6-9-12(2)13-10-7-5-8-11-14(13)15/h12-13H,3-11H2,1-2H3/t12-,13-/m1/s1. The minimum Gasteiger partial charge on any atom is -0.299 e. The molecule has 0 aromatic carbocycles. The van der Waals surface area contributed by atoms with Crippen LogP contribution in [0.15, 0.2) is 0 Å². The van der Waals surface area contributed by atoms with Crippen LogP contribution >= 0.6 is 0 Å². The summed E-state index contributed by atoms with van der Waals surface area (Å²) in [4.78, 5) is 11.9. The van der Waals surface area contributed by atoms with Crippen LogP contribution in [0.25, 0.3) is 0 Å². The van der Waals surface area contributed by atoms with Crippen molar-refractivity contribution in [2.75, 3.05) is 0 Å². The molecule has 1 aliphatic carbocycles. The maximum Gasteiger partial charge on any atom is 0.136 e. The summed E-state index contributed by atoms with van der Waals surface area (Å²) < 4.78 is 0. The van der Waals surface area contributed by atoms with Gasteiger partial charge in [0.1, 0.15) is 5.78 Å². The first-order valence-corrected chi connectivity index (χ1v) is 6.78. The molecule has 0 saturated heterocycles. The van der Waals surface area contributed by atoms with E-state index in [9.17, 15) is 4.79 Å². The van der Waals surface area contributed by atoms with E-state index in [1.165, 1.54) is 38.5 Å². The van der Waals surface area contributed by atoms with Gasteiger partial charge in [0.05, 0.1) is 0 Å². The summed E-state index contributed by atoms with van der Waals surface area (Å²) >= 11 is 0. The zero-order chi connectivity index (χ0) is 11.1. The number of unbranched alkanes of at least 4 members (excludes halogenated alkanes) is 2. The second kappa shape index (κ2) is 7.03. The predicted molar refractivity (Wildman–Crippen MR) is 64.9 cm³/mol. The van der Waals surface area contributed by atoms with Crippen molar-refractivity contribution in [3.8, 4) is 0 Å². The number of ketones is 1. The van der Waals surface area contributed by atoms with Crippen LogP contribution in [0.3, 0.4) is 0 Å². The second-order valence-electron chi connectivity index (χ2n) is 5.15. The van der Waals surface area contributed by atoms with Crippen LogP contribution < -0.4 is 0 Å². The second-order valence-corrected chi connectivity index (χ2v) is 5.15. The average molecular weight is 210 g/mol. The first-order valence-electron chi connectivity index (χ1n) is 6.78. The normalized spacial score (nSPS) is 24.9. The van der Waals surface area contributed by atoms with Crippen molar-refractivity contribution in [2.45, 2.75) is 71.6 Å². The highest BCUT2D eigenvalue weighted by Gasteiger charge is 2.25. The molecule has 0 amide bonds. The Morgan fingerprint density at radius 2 is 2.07 bits per heavy atom. The summed E-state index contributed by atoms with van der Waals surface area (Å²) in [6, 6.07) is 0. The lowest BCUT2D eigenvalue weighted by Gasteiger charge is -2.21. The van der Waals surface area contributed by atoms with Gasteiger partial charge in [-0.15, -0.1) is 0 Å². The Kier molecular flexibility index (Phi) is 5.97. The Morgan fingerprint density at radius 1 is 1.27 bits per heavy atom. The fourth-order valence-corrected chi connectivity index (χ4v) is 2.71. The maximum absolute atomic E-state index is 11.9. The number of hydrogen-bond donors (Lipinski definition) is 0. The summed E-state index contributed by atoms with van der Waals surface area (Å²) in [5, 5.41) is 0. The van der Waals surface area contributed by atoms with E-state index in [-0.39, 0.29) is 0 Å². The zero-order valence-electron chi connectivity index (χ0n) is 10.4. The Labute approximate surface area is 94.6 Å². The van der Waals surface area contributed by atoms with E-state index in [0.717, 1.165) is 19.3 Å². The first-order chi connectivity index (χ1) is 7.25. The van der Waals surface area contributed by atoms with Crippen LogP contribution in [0, 0.1) is 11.8 Å². The smallest absolute Gasteiger partial charge is 0.136 e. The molecule has 0 heterocycles. The van der Waals surface area contributed by atoms with Gasteiger partial charge in [0, 0.05) is 12.3 Å². The molecule has 0 aromatic rings. The number of carbonyl (C=O) groups is 1. The molecule has 15 heavy (non-hydrogen) atoms. The van der Waals surface area contributed by atoms with E-state index >= 15 is 0 Å². The van der Waals surface area contributed by atoms with Crippen molar-refractivity contribution in [3.63, 3.8) is 0 Å². The third kappa shape index (κ3) is 4.36. The lowest BCUT2D eigenvalue weighted by molar-refractivity contribution is -0.124. The minimum absolute atomic E-state index is 0.393. The van der Waals surface area contributed by atoms with E-state index in [2.05, 4.69) is 13.8 Å². The van der Waals surface area contributed by atoms with Gasteiger partial charge in [-0.2, -0.15) is 0 Å². The van der Waals surface area contributed by atoms with Crippen LogP contribution in [0.2, 0.25) is 0 Å². The Balaban J connectivity index is 2.34. The van der Waals surface area contributed by atoms with Crippen molar-refractivity contribution in [1.82, 2.24) is 0 Å². The molecule has 1 rings (SSSR count). The molecule has 0 radical (unpaired) electrons. The highest BCUT2D eigenvalue weighted by atomic mass is 16.1. The third-order valence-corrected chi connectivity index (χ3v) is 3.80. The van der Waals surface area contributed by atoms with E-state index in [4.69, 9.17) is 0 Å². The van der Waals surface area contributed by atoms with Crippen LogP contribution in [0.5, 0.6) is 0 Å². The molecule has 0 spiro atoms. The molecule has 88 valence electrons. The largest absolute Gasteiger partial charge is 0.299 e. The molecule has 1 heteroatoms. The quantitative estimate of drug-likeness (QED) is 0.487. The van der Waals surface area contributed by atoms with Crippen molar-refractivity contribution in [1.29, 1.82) is 0 Å². The first kappa shape index (κ1) is 12.7. The number of Topliss-reactive ketones (excluding diaryl/α,β-unsaturated/α-hetero) is 1. The predicted octanol–water partition coefficient (Wildman–Crippen LogP) is 4.35. The Bertz CT molecular complexity index is 186. The van der Waals surface area contributed by atoms with E-state index < -0.39 is 0 Å². The molecule has 0 aromatic heterocycles. The highest BCUT2D eigenvalue weighted by Crippen LogP contribution is 2.29. The minimum atomic E-state index is 0.393. The molecule has 0 bridgehead atoms. The topological polar surface area (TPSA) is 17.1 Å². The van der Waals surface area contributed by atoms with Crippen molar-refractivity contribution >= 4 is 5.78 Å². The highest BCUT2D eigenvalue weighted by molar-refractivity contribution is 5.81. The maximum atomic E-state index is 11.9. The fraction of sp³-hybridized carbons (Fsp3) is 0.929. The van der Waals surface area contributed by atoms with Crippen LogP contribution in [-0.2, 0) is 4.79 Å². The third-order valence-electron chi connectivity index (χ3n) is 3.80. The molecule has 0 N–H and O–H groups in total. The van der Waals surface area contributed by atoms with Gasteiger partial charge >= 0.3 is 0 Å². The van der Waals surface area contributed by atoms with Crippen molar-refractivity contribution in [2.24, 2.45) is 11.8 Å². The van der Waals surface area contributed by atoms with Crippen molar-refractivity contribution in [3.05, 3.63) is 0 Å². The molecule has 1 nitrogen and oxygen atoms in total. The fourth-order valence-electron chi connectivity index (χ4n) is 2.71. The average Bonchev–Trinajstić information content (AvgIpc) is 2.43. The molecule has 1 saturated carbocycles. The van der Waals surface area contributed by atoms with Gasteiger partial charge in [-0.3, -0.25) is 4.79 Å². The molecule has 1 fully saturated rings. The molecule has 0 aliphatic heterocycles. The SMILES string of the molecule is CCCCC[C@@H](C)[C@H]1CCCCCC1=O. The van der Waals surface area contributed by atoms with Gasteiger partial charge in [0.15, 0.2) is 0 Å². The van der Waals surface area contributed by atoms with E-state index in [1.807, 2.05) is 0 Å². The van der Waals surface area contributed by atoms with Gasteiger partial charge in [-0.25, -0.2) is 0 Å². The monoisotopic (exact) mass is 210 g/mol. The van der Waals surface area contributed by atoms with Gasteiger partial charge < -0.3 is 0 Å². The van der Waals surface area contributed by atoms with Gasteiger partial charge in [0.2, 0.25) is 0 Å². The summed E-state index contributed by atoms with van der Waals surface area (Å²) in [5.41, 5.74) is 0. The molecular weight excluding hydrogens is 184 g/mol. The lowest BCUT2D eigenvalue weighted by atomic mass is 9.83. The molecule has 2 atom stereocenters. The zero-order valence-corrected chi connectivity index (χ0v) is 10.4. The number of rotatable bonds is 5. The van der Waals surface area contributed by atoms with Crippen LogP contribution in [-0.4, -0.2) is 5.78 Å². The molecule has 0 unspecified atom stereocenters. The Morgan fingerprint density at radius 3 is 2.80 bits per heavy atom. The van der Waals surface area contributed by atoms with E-state index in [1.54, 1.807) is 0 Å². The van der Waals surface area contributed by atoms with E-state index in [0.29, 0.717) is 17.6 Å². The van der Waals surface area contributed by atoms with Gasteiger partial charge in [-0.05, 0) is 18.8 Å². The molecule has 1 aliphatic rings. The number of hydrogen-bond acceptors (Lipinski definition) is 1. The van der Waals surface area contributed by atoms with Gasteiger partial charge in [0.25, 0.3) is 0 Å². The lowest BCUT2D eigenvalue weighted by Crippen LogP contribution is -2.20. The Hall–Kier alpha value is -0.330.